The number of imide groups is 1. The Balaban J connectivity index is 1.55. The minimum Gasteiger partial charge on any atom is -0.464 e. The summed E-state index contributed by atoms with van der Waals surface area (Å²) in [5, 5.41) is 4.76. The van der Waals surface area contributed by atoms with Gasteiger partial charge in [0.2, 0.25) is 0 Å². The average Bonchev–Trinajstić information content (AvgIpc) is 3.27. The zero-order valence-corrected chi connectivity index (χ0v) is 15.1. The number of hydrogen-bond acceptors (Lipinski definition) is 6. The number of furan rings is 1. The van der Waals surface area contributed by atoms with Crippen molar-refractivity contribution in [1.82, 2.24) is 5.32 Å². The number of esters is 1. The Hall–Kier alpha value is -2.93. The molecule has 0 atom stereocenters. The summed E-state index contributed by atoms with van der Waals surface area (Å²) >= 11 is 1.22. The van der Waals surface area contributed by atoms with Gasteiger partial charge in [-0.25, -0.2) is 0 Å². The molecule has 0 aliphatic rings. The molecule has 26 heavy (non-hydrogen) atoms. The van der Waals surface area contributed by atoms with Gasteiger partial charge in [-0.3, -0.25) is 19.7 Å². The predicted octanol–water partition coefficient (Wildman–Crippen LogP) is 3.15. The van der Waals surface area contributed by atoms with Crippen LogP contribution in [0.25, 0.3) is 11.0 Å². The van der Waals surface area contributed by atoms with E-state index in [0.717, 1.165) is 22.1 Å². The molecule has 1 N–H and O–H groups in total. The van der Waals surface area contributed by atoms with E-state index in [9.17, 15) is 14.4 Å². The minimum atomic E-state index is -0.666. The molecule has 0 aliphatic carbocycles. The van der Waals surface area contributed by atoms with Crippen molar-refractivity contribution in [3.05, 3.63) is 57.5 Å². The Morgan fingerprint density at radius 1 is 1.19 bits per heavy atom. The molecule has 2 amide bonds. The van der Waals surface area contributed by atoms with Crippen LogP contribution in [0.2, 0.25) is 0 Å². The highest BCUT2D eigenvalue weighted by Gasteiger charge is 2.16. The quantitative estimate of drug-likeness (QED) is 0.697. The van der Waals surface area contributed by atoms with Crippen molar-refractivity contribution in [2.75, 3.05) is 6.61 Å². The third kappa shape index (κ3) is 3.83. The first-order valence-corrected chi connectivity index (χ1v) is 8.83. The number of benzene rings is 1. The maximum absolute atomic E-state index is 12.0. The summed E-state index contributed by atoms with van der Waals surface area (Å²) in [6.45, 7) is 3.43. The van der Waals surface area contributed by atoms with Gasteiger partial charge in [0.1, 0.15) is 5.58 Å². The van der Waals surface area contributed by atoms with Crippen LogP contribution in [-0.4, -0.2) is 24.4 Å². The highest BCUT2D eigenvalue weighted by Crippen LogP contribution is 2.26. The van der Waals surface area contributed by atoms with Gasteiger partial charge in [-0.05, 0) is 36.4 Å². The zero-order valence-electron chi connectivity index (χ0n) is 14.3. The van der Waals surface area contributed by atoms with E-state index in [1.807, 2.05) is 26.0 Å². The molecule has 6 nitrogen and oxygen atoms in total. The second-order valence-electron chi connectivity index (χ2n) is 5.84. The van der Waals surface area contributed by atoms with Gasteiger partial charge < -0.3 is 9.15 Å². The normalized spacial score (nSPS) is 10.7. The standard InChI is InChI=1S/C19H17NO5S/c1-11-5-6-14-13(9-25-18(14)12(11)2)8-17(22)24-10-16(21)20-19(23)15-4-3-7-26-15/h3-7,9H,8,10H2,1-2H3,(H,20,21,23). The van der Waals surface area contributed by atoms with Gasteiger partial charge in [0.15, 0.2) is 6.61 Å². The maximum Gasteiger partial charge on any atom is 0.310 e. The summed E-state index contributed by atoms with van der Waals surface area (Å²) in [6.07, 6.45) is 1.51. The molecule has 0 aliphatic heterocycles. The third-order valence-corrected chi connectivity index (χ3v) is 4.91. The summed E-state index contributed by atoms with van der Waals surface area (Å²) in [5.74, 6) is -1.74. The van der Waals surface area contributed by atoms with Crippen molar-refractivity contribution in [3.8, 4) is 0 Å². The average molecular weight is 371 g/mol. The van der Waals surface area contributed by atoms with Crippen LogP contribution in [0.15, 0.2) is 40.3 Å². The Kier molecular flexibility index (Phi) is 5.18. The number of fused-ring (bicyclic) bond motifs is 1. The molecule has 0 radical (unpaired) electrons. The molecule has 7 heteroatoms. The first-order chi connectivity index (χ1) is 12.5. The molecule has 0 fully saturated rings. The van der Waals surface area contributed by atoms with Crippen LogP contribution in [0, 0.1) is 13.8 Å². The van der Waals surface area contributed by atoms with Crippen LogP contribution in [0.1, 0.15) is 26.4 Å². The predicted molar refractivity (Wildman–Crippen MR) is 97.1 cm³/mol. The molecule has 2 aromatic heterocycles. The summed E-state index contributed by atoms with van der Waals surface area (Å²) in [7, 11) is 0. The van der Waals surface area contributed by atoms with Crippen LogP contribution in [0.5, 0.6) is 0 Å². The lowest BCUT2D eigenvalue weighted by Gasteiger charge is -2.05. The monoisotopic (exact) mass is 371 g/mol. The topological polar surface area (TPSA) is 85.6 Å². The van der Waals surface area contributed by atoms with Crippen molar-refractivity contribution >= 4 is 40.1 Å². The van der Waals surface area contributed by atoms with Crippen molar-refractivity contribution in [3.63, 3.8) is 0 Å². The van der Waals surface area contributed by atoms with Crippen LogP contribution >= 0.6 is 11.3 Å². The zero-order chi connectivity index (χ0) is 18.7. The van der Waals surface area contributed by atoms with Crippen LogP contribution < -0.4 is 5.32 Å². The van der Waals surface area contributed by atoms with E-state index >= 15 is 0 Å². The van der Waals surface area contributed by atoms with E-state index in [2.05, 4.69) is 5.32 Å². The molecule has 0 saturated heterocycles. The molecule has 0 unspecified atom stereocenters. The maximum atomic E-state index is 12.0. The highest BCUT2D eigenvalue weighted by atomic mass is 32.1. The van der Waals surface area contributed by atoms with E-state index in [1.165, 1.54) is 17.6 Å². The van der Waals surface area contributed by atoms with E-state index in [0.29, 0.717) is 10.4 Å². The number of amides is 2. The first-order valence-electron chi connectivity index (χ1n) is 7.95. The molecule has 134 valence electrons. The van der Waals surface area contributed by atoms with E-state index < -0.39 is 24.4 Å². The second-order valence-corrected chi connectivity index (χ2v) is 6.78. The lowest BCUT2D eigenvalue weighted by molar-refractivity contribution is -0.147. The second kappa shape index (κ2) is 7.53. The molecular formula is C19H17NO5S. The van der Waals surface area contributed by atoms with Gasteiger partial charge in [-0.1, -0.05) is 18.2 Å². The molecule has 2 heterocycles. The molecule has 0 saturated carbocycles. The van der Waals surface area contributed by atoms with Crippen LogP contribution in [0.4, 0.5) is 0 Å². The van der Waals surface area contributed by atoms with Gasteiger partial charge in [0.25, 0.3) is 11.8 Å². The van der Waals surface area contributed by atoms with Gasteiger partial charge in [-0.15, -0.1) is 11.3 Å². The fourth-order valence-corrected chi connectivity index (χ4v) is 3.13. The molecule has 3 aromatic rings. The lowest BCUT2D eigenvalue weighted by atomic mass is 10.0. The van der Waals surface area contributed by atoms with Gasteiger partial charge in [0.05, 0.1) is 17.6 Å². The summed E-state index contributed by atoms with van der Waals surface area (Å²) in [5.41, 5.74) is 3.57. The van der Waals surface area contributed by atoms with Crippen molar-refractivity contribution in [2.45, 2.75) is 20.3 Å². The number of hydrogen-bond donors (Lipinski definition) is 1. The number of nitrogens with one attached hydrogen (secondary N) is 1. The molecule has 3 rings (SSSR count). The summed E-state index contributed by atoms with van der Waals surface area (Å²) < 4.78 is 10.5. The number of carbonyl (C=O) groups excluding carboxylic acids is 3. The van der Waals surface area contributed by atoms with Crippen molar-refractivity contribution < 1.29 is 23.5 Å². The Labute approximate surface area is 153 Å². The Bertz CT molecular complexity index is 971. The smallest absolute Gasteiger partial charge is 0.310 e. The number of carbonyl (C=O) groups is 3. The number of rotatable bonds is 5. The molecule has 0 spiro atoms. The Morgan fingerprint density at radius 2 is 2.00 bits per heavy atom. The van der Waals surface area contributed by atoms with Crippen molar-refractivity contribution in [2.24, 2.45) is 0 Å². The lowest BCUT2D eigenvalue weighted by Crippen LogP contribution is -2.33. The molecular weight excluding hydrogens is 354 g/mol. The van der Waals surface area contributed by atoms with Crippen LogP contribution in [-0.2, 0) is 20.7 Å². The SMILES string of the molecule is Cc1ccc2c(CC(=O)OCC(=O)NC(=O)c3cccs3)coc2c1C. The fourth-order valence-electron chi connectivity index (χ4n) is 2.51. The van der Waals surface area contributed by atoms with Gasteiger partial charge in [-0.2, -0.15) is 0 Å². The summed E-state index contributed by atoms with van der Waals surface area (Å²) in [6, 6.07) is 7.18. The highest BCUT2D eigenvalue weighted by molar-refractivity contribution is 7.12. The van der Waals surface area contributed by atoms with E-state index in [1.54, 1.807) is 17.5 Å². The summed E-state index contributed by atoms with van der Waals surface area (Å²) in [4.78, 5) is 35.9. The fraction of sp³-hybridized carbons (Fsp3) is 0.211. The largest absolute Gasteiger partial charge is 0.464 e. The van der Waals surface area contributed by atoms with Crippen LogP contribution in [0.3, 0.4) is 0 Å². The third-order valence-electron chi connectivity index (χ3n) is 4.04. The van der Waals surface area contributed by atoms with Gasteiger partial charge >= 0.3 is 5.97 Å². The first kappa shape index (κ1) is 17.9. The van der Waals surface area contributed by atoms with E-state index in [4.69, 9.17) is 9.15 Å². The van der Waals surface area contributed by atoms with E-state index in [-0.39, 0.29) is 6.42 Å². The number of thiophene rings is 1. The van der Waals surface area contributed by atoms with Crippen molar-refractivity contribution in [1.29, 1.82) is 0 Å². The molecule has 0 bridgehead atoms. The molecule has 1 aromatic carbocycles. The minimum absolute atomic E-state index is 0.0122. The Morgan fingerprint density at radius 3 is 2.73 bits per heavy atom. The van der Waals surface area contributed by atoms with Gasteiger partial charge in [0, 0.05) is 10.9 Å². The number of aryl methyl sites for hydroxylation is 2. The number of ether oxygens (including phenoxy) is 1.